The zero-order chi connectivity index (χ0) is 10.6. The standard InChI is InChI=1S/C8H15ClO4S/c1-12-8(6-14(9,10)11)7-2-4-13-5-3-7/h7-8H,2-6H2,1H3/t8-/m0/s1. The van der Waals surface area contributed by atoms with E-state index < -0.39 is 9.05 Å². The summed E-state index contributed by atoms with van der Waals surface area (Å²) in [6.07, 6.45) is 1.37. The highest BCUT2D eigenvalue weighted by Crippen LogP contribution is 2.22. The third kappa shape index (κ3) is 4.13. The van der Waals surface area contributed by atoms with Gasteiger partial charge in [0.15, 0.2) is 0 Å². The summed E-state index contributed by atoms with van der Waals surface area (Å²) in [5.41, 5.74) is 0. The molecule has 84 valence electrons. The highest BCUT2D eigenvalue weighted by atomic mass is 35.7. The van der Waals surface area contributed by atoms with Gasteiger partial charge in [-0.1, -0.05) is 0 Å². The Hall–Kier alpha value is 0.160. The first-order valence-electron chi connectivity index (χ1n) is 4.56. The molecule has 1 aliphatic rings. The lowest BCUT2D eigenvalue weighted by Gasteiger charge is -2.28. The van der Waals surface area contributed by atoms with Gasteiger partial charge in [-0.05, 0) is 18.8 Å². The fourth-order valence-corrected chi connectivity index (χ4v) is 2.85. The predicted octanol–water partition coefficient (Wildman–Crippen LogP) is 0.997. The predicted molar refractivity (Wildman–Crippen MR) is 54.0 cm³/mol. The van der Waals surface area contributed by atoms with Crippen LogP contribution >= 0.6 is 10.7 Å². The van der Waals surface area contributed by atoms with Gasteiger partial charge >= 0.3 is 0 Å². The number of hydrogen-bond donors (Lipinski definition) is 0. The molecule has 1 fully saturated rings. The minimum atomic E-state index is -3.48. The van der Waals surface area contributed by atoms with E-state index in [0.717, 1.165) is 12.8 Å². The molecule has 0 spiro atoms. The molecular weight excluding hydrogens is 228 g/mol. The van der Waals surface area contributed by atoms with Crippen molar-refractivity contribution in [1.29, 1.82) is 0 Å². The monoisotopic (exact) mass is 242 g/mol. The molecule has 0 unspecified atom stereocenters. The largest absolute Gasteiger partial charge is 0.381 e. The summed E-state index contributed by atoms with van der Waals surface area (Å²) in [6.45, 7) is 1.35. The minimum absolute atomic E-state index is 0.115. The van der Waals surface area contributed by atoms with Crippen LogP contribution in [0.1, 0.15) is 12.8 Å². The molecule has 6 heteroatoms. The smallest absolute Gasteiger partial charge is 0.235 e. The summed E-state index contributed by atoms with van der Waals surface area (Å²) < 4.78 is 32.1. The molecule has 0 bridgehead atoms. The average molecular weight is 243 g/mol. The second-order valence-corrected chi connectivity index (χ2v) is 6.25. The fraction of sp³-hybridized carbons (Fsp3) is 1.00. The fourth-order valence-electron chi connectivity index (χ4n) is 1.68. The first kappa shape index (κ1) is 12.2. The molecule has 0 aromatic rings. The summed E-state index contributed by atoms with van der Waals surface area (Å²) in [6, 6.07) is 0. The summed E-state index contributed by atoms with van der Waals surface area (Å²) >= 11 is 0. The zero-order valence-electron chi connectivity index (χ0n) is 8.11. The van der Waals surface area contributed by atoms with E-state index in [1.165, 1.54) is 7.11 Å². The number of rotatable bonds is 4. The van der Waals surface area contributed by atoms with Crippen molar-refractivity contribution in [1.82, 2.24) is 0 Å². The Balaban J connectivity index is 2.52. The van der Waals surface area contributed by atoms with Gasteiger partial charge in [-0.2, -0.15) is 0 Å². The molecule has 0 aromatic carbocycles. The number of methoxy groups -OCH3 is 1. The maximum absolute atomic E-state index is 10.9. The van der Waals surface area contributed by atoms with Gasteiger partial charge < -0.3 is 9.47 Å². The molecule has 1 heterocycles. The van der Waals surface area contributed by atoms with Crippen LogP contribution in [0.2, 0.25) is 0 Å². The van der Waals surface area contributed by atoms with Crippen LogP contribution in [0.4, 0.5) is 0 Å². The Kier molecular flexibility index (Phi) is 4.63. The van der Waals surface area contributed by atoms with Crippen LogP contribution in [0.15, 0.2) is 0 Å². The normalized spacial score (nSPS) is 22.1. The van der Waals surface area contributed by atoms with Crippen LogP contribution in [-0.2, 0) is 18.5 Å². The van der Waals surface area contributed by atoms with Crippen molar-refractivity contribution in [3.8, 4) is 0 Å². The summed E-state index contributed by atoms with van der Waals surface area (Å²) in [5.74, 6) is 0.123. The first-order valence-corrected chi connectivity index (χ1v) is 7.03. The van der Waals surface area contributed by atoms with Crippen LogP contribution in [0.5, 0.6) is 0 Å². The molecule has 14 heavy (non-hydrogen) atoms. The van der Waals surface area contributed by atoms with Crippen molar-refractivity contribution in [2.24, 2.45) is 5.92 Å². The quantitative estimate of drug-likeness (QED) is 0.690. The summed E-state index contributed by atoms with van der Waals surface area (Å²) in [7, 11) is 3.22. The number of halogens is 1. The highest BCUT2D eigenvalue weighted by Gasteiger charge is 2.27. The van der Waals surface area contributed by atoms with Crippen LogP contribution in [0.25, 0.3) is 0 Å². The number of ether oxygens (including phenoxy) is 2. The Bertz CT molecular complexity index is 259. The Morgan fingerprint density at radius 1 is 1.50 bits per heavy atom. The third-order valence-corrected chi connectivity index (χ3v) is 3.56. The van der Waals surface area contributed by atoms with Gasteiger partial charge in [0.2, 0.25) is 9.05 Å². The molecule has 0 aliphatic carbocycles. The van der Waals surface area contributed by atoms with Crippen molar-refractivity contribution < 1.29 is 17.9 Å². The van der Waals surface area contributed by atoms with Gasteiger partial charge in [-0.25, -0.2) is 8.42 Å². The lowest BCUT2D eigenvalue weighted by Crippen LogP contribution is -2.33. The molecule has 0 aromatic heterocycles. The molecule has 1 aliphatic heterocycles. The van der Waals surface area contributed by atoms with Gasteiger partial charge in [0.05, 0.1) is 11.9 Å². The van der Waals surface area contributed by atoms with E-state index >= 15 is 0 Å². The molecule has 1 atom stereocenters. The second-order valence-electron chi connectivity index (χ2n) is 3.43. The van der Waals surface area contributed by atoms with E-state index in [0.29, 0.717) is 13.2 Å². The third-order valence-electron chi connectivity index (χ3n) is 2.46. The molecule has 0 saturated carbocycles. The maximum Gasteiger partial charge on any atom is 0.235 e. The molecule has 0 radical (unpaired) electrons. The van der Waals surface area contributed by atoms with E-state index in [-0.39, 0.29) is 17.8 Å². The lowest BCUT2D eigenvalue weighted by atomic mass is 9.95. The van der Waals surface area contributed by atoms with Gasteiger partial charge in [-0.15, -0.1) is 0 Å². The topological polar surface area (TPSA) is 52.6 Å². The molecular formula is C8H15ClO4S. The lowest BCUT2D eigenvalue weighted by molar-refractivity contribution is -0.00307. The summed E-state index contributed by atoms with van der Waals surface area (Å²) in [4.78, 5) is 0. The van der Waals surface area contributed by atoms with E-state index in [2.05, 4.69) is 0 Å². The van der Waals surface area contributed by atoms with E-state index in [9.17, 15) is 8.42 Å². The van der Waals surface area contributed by atoms with Gasteiger partial charge in [0, 0.05) is 31.0 Å². The Labute approximate surface area is 88.9 Å². The number of hydrogen-bond acceptors (Lipinski definition) is 4. The SMILES string of the molecule is CO[C@@H](CS(=O)(=O)Cl)C1CCOCC1. The van der Waals surface area contributed by atoms with Gasteiger partial charge in [0.25, 0.3) is 0 Å². The van der Waals surface area contributed by atoms with Crippen LogP contribution in [0, 0.1) is 5.92 Å². The van der Waals surface area contributed by atoms with Gasteiger partial charge in [-0.3, -0.25) is 0 Å². The highest BCUT2D eigenvalue weighted by molar-refractivity contribution is 8.13. The van der Waals surface area contributed by atoms with Crippen LogP contribution < -0.4 is 0 Å². The van der Waals surface area contributed by atoms with E-state index in [4.69, 9.17) is 20.2 Å². The van der Waals surface area contributed by atoms with Crippen LogP contribution in [-0.4, -0.2) is 40.6 Å². The van der Waals surface area contributed by atoms with Crippen LogP contribution in [0.3, 0.4) is 0 Å². The van der Waals surface area contributed by atoms with E-state index in [1.54, 1.807) is 0 Å². The maximum atomic E-state index is 10.9. The van der Waals surface area contributed by atoms with Gasteiger partial charge in [0.1, 0.15) is 0 Å². The molecule has 0 amide bonds. The molecule has 4 nitrogen and oxygen atoms in total. The minimum Gasteiger partial charge on any atom is -0.381 e. The van der Waals surface area contributed by atoms with Crippen molar-refractivity contribution in [2.75, 3.05) is 26.1 Å². The Morgan fingerprint density at radius 2 is 2.07 bits per heavy atom. The molecule has 1 saturated heterocycles. The average Bonchev–Trinajstić information content (AvgIpc) is 2.14. The van der Waals surface area contributed by atoms with Crippen molar-refractivity contribution in [2.45, 2.75) is 18.9 Å². The van der Waals surface area contributed by atoms with Crippen molar-refractivity contribution in [3.63, 3.8) is 0 Å². The molecule has 1 rings (SSSR count). The molecule has 0 N–H and O–H groups in total. The first-order chi connectivity index (χ1) is 6.53. The zero-order valence-corrected chi connectivity index (χ0v) is 9.68. The summed E-state index contributed by atoms with van der Waals surface area (Å²) in [5, 5.41) is 0. The second kappa shape index (κ2) is 5.30. The van der Waals surface area contributed by atoms with E-state index in [1.807, 2.05) is 0 Å². The Morgan fingerprint density at radius 3 is 2.50 bits per heavy atom. The van der Waals surface area contributed by atoms with Crippen molar-refractivity contribution >= 4 is 19.7 Å². The van der Waals surface area contributed by atoms with Crippen molar-refractivity contribution in [3.05, 3.63) is 0 Å².